The molecule has 0 saturated carbocycles. The zero-order chi connectivity index (χ0) is 17.9. The molecule has 0 fully saturated rings. The summed E-state index contributed by atoms with van der Waals surface area (Å²) in [6.45, 7) is 0.539. The smallest absolute Gasteiger partial charge is 0.295 e. The lowest BCUT2D eigenvalue weighted by molar-refractivity contribution is 0.391. The summed E-state index contributed by atoms with van der Waals surface area (Å²) in [5.41, 5.74) is 3.73. The zero-order valence-corrected chi connectivity index (χ0v) is 15.3. The van der Waals surface area contributed by atoms with Crippen molar-refractivity contribution < 1.29 is 13.9 Å². The summed E-state index contributed by atoms with van der Waals surface area (Å²) < 4.78 is 16.4. The van der Waals surface area contributed by atoms with Gasteiger partial charge in [-0.2, -0.15) is 4.98 Å². The van der Waals surface area contributed by atoms with E-state index in [0.717, 1.165) is 33.7 Å². The van der Waals surface area contributed by atoms with Crippen molar-refractivity contribution in [2.75, 3.05) is 19.5 Å². The number of fused-ring (bicyclic) bond motifs is 1. The van der Waals surface area contributed by atoms with Gasteiger partial charge in [-0.15, -0.1) is 11.3 Å². The minimum atomic E-state index is 0.487. The molecule has 0 amide bonds. The van der Waals surface area contributed by atoms with Crippen molar-refractivity contribution in [2.45, 2.75) is 6.54 Å². The van der Waals surface area contributed by atoms with Crippen LogP contribution in [0.1, 0.15) is 5.56 Å². The molecule has 0 aliphatic heterocycles. The number of hydrogen-bond donors (Lipinski definition) is 1. The third kappa shape index (κ3) is 3.23. The molecule has 0 saturated heterocycles. The first kappa shape index (κ1) is 16.5. The molecular formula is C20H18N2O3S. The normalized spacial score (nSPS) is 10.8. The van der Waals surface area contributed by atoms with E-state index in [1.807, 2.05) is 36.4 Å². The Balaban J connectivity index is 1.54. The van der Waals surface area contributed by atoms with Crippen LogP contribution in [0.2, 0.25) is 0 Å². The number of hydrogen-bond acceptors (Lipinski definition) is 6. The van der Waals surface area contributed by atoms with Crippen molar-refractivity contribution in [3.8, 4) is 21.9 Å². The summed E-state index contributed by atoms with van der Waals surface area (Å²) in [6, 6.07) is 16.4. The Morgan fingerprint density at radius 3 is 2.77 bits per heavy atom. The first-order valence-electron chi connectivity index (χ1n) is 8.16. The van der Waals surface area contributed by atoms with Crippen molar-refractivity contribution in [1.29, 1.82) is 0 Å². The number of anilines is 1. The summed E-state index contributed by atoms with van der Waals surface area (Å²) in [5.74, 6) is 1.52. The molecule has 0 bridgehead atoms. The Morgan fingerprint density at radius 1 is 1.08 bits per heavy atom. The molecule has 6 heteroatoms. The highest BCUT2D eigenvalue weighted by Gasteiger charge is 2.10. The van der Waals surface area contributed by atoms with Crippen molar-refractivity contribution in [2.24, 2.45) is 0 Å². The lowest BCUT2D eigenvalue weighted by atomic mass is 10.2. The molecule has 2 heterocycles. The van der Waals surface area contributed by atoms with Crippen LogP contribution in [0.4, 0.5) is 6.01 Å². The molecule has 0 radical (unpaired) electrons. The van der Waals surface area contributed by atoms with Crippen LogP contribution in [0.25, 0.3) is 21.5 Å². The van der Waals surface area contributed by atoms with Gasteiger partial charge in [0.05, 0.1) is 14.2 Å². The summed E-state index contributed by atoms with van der Waals surface area (Å²) in [4.78, 5) is 5.76. The van der Waals surface area contributed by atoms with Crippen LogP contribution in [-0.2, 0) is 6.54 Å². The first-order valence-corrected chi connectivity index (χ1v) is 9.04. The topological polar surface area (TPSA) is 56.5 Å². The van der Waals surface area contributed by atoms with E-state index in [9.17, 15) is 0 Å². The maximum absolute atomic E-state index is 5.80. The number of thiophene rings is 1. The average molecular weight is 366 g/mol. The van der Waals surface area contributed by atoms with E-state index in [1.165, 1.54) is 4.88 Å². The minimum Gasteiger partial charge on any atom is -0.497 e. The fraction of sp³-hybridized carbons (Fsp3) is 0.150. The lowest BCUT2D eigenvalue weighted by Crippen LogP contribution is -2.02. The Bertz CT molecular complexity index is 1020. The highest BCUT2D eigenvalue weighted by molar-refractivity contribution is 7.13. The molecule has 1 N–H and O–H groups in total. The SMILES string of the molecule is COc1ccc(CNc2nc3cc(-c4cccs4)ccc3o2)c(OC)c1. The van der Waals surface area contributed by atoms with E-state index >= 15 is 0 Å². The molecular weight excluding hydrogens is 348 g/mol. The molecule has 2 aromatic heterocycles. The minimum absolute atomic E-state index is 0.487. The van der Waals surface area contributed by atoms with E-state index in [2.05, 4.69) is 27.8 Å². The maximum Gasteiger partial charge on any atom is 0.295 e. The van der Waals surface area contributed by atoms with Gasteiger partial charge in [0, 0.05) is 23.1 Å². The molecule has 0 aliphatic rings. The van der Waals surface area contributed by atoms with E-state index in [1.54, 1.807) is 25.6 Å². The number of benzene rings is 2. The predicted molar refractivity (Wildman–Crippen MR) is 104 cm³/mol. The van der Waals surface area contributed by atoms with Gasteiger partial charge in [0.25, 0.3) is 6.01 Å². The van der Waals surface area contributed by atoms with Gasteiger partial charge in [0.15, 0.2) is 5.58 Å². The zero-order valence-electron chi connectivity index (χ0n) is 14.5. The summed E-state index contributed by atoms with van der Waals surface area (Å²) in [5, 5.41) is 5.29. The summed E-state index contributed by atoms with van der Waals surface area (Å²) >= 11 is 1.71. The van der Waals surface area contributed by atoms with Crippen LogP contribution in [0.3, 0.4) is 0 Å². The average Bonchev–Trinajstić information content (AvgIpc) is 3.34. The van der Waals surface area contributed by atoms with Crippen molar-refractivity contribution in [3.63, 3.8) is 0 Å². The molecule has 132 valence electrons. The van der Waals surface area contributed by atoms with Gasteiger partial charge in [0.2, 0.25) is 0 Å². The van der Waals surface area contributed by atoms with Crippen LogP contribution < -0.4 is 14.8 Å². The first-order chi connectivity index (χ1) is 12.8. The molecule has 4 rings (SSSR count). The highest BCUT2D eigenvalue weighted by atomic mass is 32.1. The van der Waals surface area contributed by atoms with Gasteiger partial charge in [-0.05, 0) is 47.3 Å². The third-order valence-electron chi connectivity index (χ3n) is 4.12. The van der Waals surface area contributed by atoms with Crippen LogP contribution >= 0.6 is 11.3 Å². The molecule has 26 heavy (non-hydrogen) atoms. The van der Waals surface area contributed by atoms with Crippen LogP contribution in [0.5, 0.6) is 11.5 Å². The second-order valence-corrected chi connectivity index (χ2v) is 6.66. The Hall–Kier alpha value is -2.99. The number of methoxy groups -OCH3 is 2. The fourth-order valence-corrected chi connectivity index (χ4v) is 3.49. The van der Waals surface area contributed by atoms with E-state index < -0.39 is 0 Å². The van der Waals surface area contributed by atoms with Crippen LogP contribution in [-0.4, -0.2) is 19.2 Å². The van der Waals surface area contributed by atoms with Gasteiger partial charge in [-0.1, -0.05) is 6.07 Å². The lowest BCUT2D eigenvalue weighted by Gasteiger charge is -2.10. The van der Waals surface area contributed by atoms with E-state index in [0.29, 0.717) is 12.6 Å². The standard InChI is InChI=1S/C20H18N2O3S/c1-23-15-7-5-14(18(11-15)24-2)12-21-20-22-16-10-13(6-8-17(16)25-20)19-4-3-9-26-19/h3-11H,12H2,1-2H3,(H,21,22). The molecule has 2 aromatic carbocycles. The quantitative estimate of drug-likeness (QED) is 0.509. The number of aromatic nitrogens is 1. The molecule has 0 aliphatic carbocycles. The fourth-order valence-electron chi connectivity index (χ4n) is 2.77. The molecule has 4 aromatic rings. The summed E-state index contributed by atoms with van der Waals surface area (Å²) in [6.07, 6.45) is 0. The van der Waals surface area contributed by atoms with Crippen LogP contribution in [0.15, 0.2) is 58.3 Å². The number of nitrogens with one attached hydrogen (secondary N) is 1. The van der Waals surface area contributed by atoms with Gasteiger partial charge >= 0.3 is 0 Å². The van der Waals surface area contributed by atoms with E-state index in [4.69, 9.17) is 13.9 Å². The second kappa shape index (κ2) is 7.09. The Kier molecular flexibility index (Phi) is 4.50. The van der Waals surface area contributed by atoms with Gasteiger partial charge in [-0.25, -0.2) is 0 Å². The highest BCUT2D eigenvalue weighted by Crippen LogP contribution is 2.30. The summed E-state index contributed by atoms with van der Waals surface area (Å²) in [7, 11) is 3.28. The molecule has 5 nitrogen and oxygen atoms in total. The van der Waals surface area contributed by atoms with Gasteiger partial charge in [-0.3, -0.25) is 0 Å². The number of oxazole rings is 1. The Morgan fingerprint density at radius 2 is 2.00 bits per heavy atom. The Labute approximate surface area is 155 Å². The number of nitrogens with zero attached hydrogens (tertiary/aromatic N) is 1. The molecule has 0 spiro atoms. The van der Waals surface area contributed by atoms with Crippen LogP contribution in [0, 0.1) is 0 Å². The maximum atomic E-state index is 5.80. The number of ether oxygens (including phenoxy) is 2. The molecule has 0 unspecified atom stereocenters. The number of rotatable bonds is 6. The van der Waals surface area contributed by atoms with E-state index in [-0.39, 0.29) is 0 Å². The monoisotopic (exact) mass is 366 g/mol. The van der Waals surface area contributed by atoms with Gasteiger partial charge < -0.3 is 19.2 Å². The second-order valence-electron chi connectivity index (χ2n) is 5.71. The third-order valence-corrected chi connectivity index (χ3v) is 5.04. The van der Waals surface area contributed by atoms with Crippen molar-refractivity contribution >= 4 is 28.5 Å². The van der Waals surface area contributed by atoms with Gasteiger partial charge in [0.1, 0.15) is 17.0 Å². The molecule has 0 atom stereocenters. The van der Waals surface area contributed by atoms with Crippen molar-refractivity contribution in [1.82, 2.24) is 4.98 Å². The largest absolute Gasteiger partial charge is 0.497 e. The van der Waals surface area contributed by atoms with Crippen molar-refractivity contribution in [3.05, 3.63) is 59.5 Å². The predicted octanol–water partition coefficient (Wildman–Crippen LogP) is 5.19.